The molecule has 0 aliphatic rings. The predicted molar refractivity (Wildman–Crippen MR) is 156 cm³/mol. The first-order chi connectivity index (χ1) is 18.0. The van der Waals surface area contributed by atoms with Crippen LogP contribution in [0.1, 0.15) is 25.0 Å². The third-order valence-corrected chi connectivity index (χ3v) is 7.78. The fraction of sp³-hybridized carbons (Fsp3) is 0.286. The van der Waals surface area contributed by atoms with Gasteiger partial charge in [0.15, 0.2) is 0 Å². The Balaban J connectivity index is 2.07. The zero-order valence-corrected chi connectivity index (χ0v) is 24.6. The van der Waals surface area contributed by atoms with Crippen molar-refractivity contribution in [3.63, 3.8) is 0 Å². The van der Waals surface area contributed by atoms with Gasteiger partial charge in [0.2, 0.25) is 21.8 Å². The Morgan fingerprint density at radius 1 is 0.947 bits per heavy atom. The van der Waals surface area contributed by atoms with Gasteiger partial charge in [-0.25, -0.2) is 8.42 Å². The molecule has 0 spiro atoms. The molecule has 38 heavy (non-hydrogen) atoms. The minimum Gasteiger partial charge on any atom is -0.352 e. The van der Waals surface area contributed by atoms with Gasteiger partial charge in [-0.05, 0) is 65.2 Å². The smallest absolute Gasteiger partial charge is 0.244 e. The number of para-hydroxylation sites is 1. The van der Waals surface area contributed by atoms with Gasteiger partial charge >= 0.3 is 0 Å². The van der Waals surface area contributed by atoms with Crippen LogP contribution < -0.4 is 9.62 Å². The van der Waals surface area contributed by atoms with Crippen molar-refractivity contribution in [2.45, 2.75) is 38.9 Å². The van der Waals surface area contributed by atoms with E-state index in [-0.39, 0.29) is 24.9 Å². The van der Waals surface area contributed by atoms with Gasteiger partial charge in [-0.3, -0.25) is 13.9 Å². The second-order valence-electron chi connectivity index (χ2n) is 9.24. The van der Waals surface area contributed by atoms with Crippen LogP contribution in [0.5, 0.6) is 0 Å². The van der Waals surface area contributed by atoms with Crippen molar-refractivity contribution < 1.29 is 18.0 Å². The molecular weight excluding hydrogens is 590 g/mol. The van der Waals surface area contributed by atoms with E-state index in [4.69, 9.17) is 11.6 Å². The van der Waals surface area contributed by atoms with E-state index in [1.165, 1.54) is 4.90 Å². The Hall–Kier alpha value is -2.88. The summed E-state index contributed by atoms with van der Waals surface area (Å²) >= 11 is 9.61. The Morgan fingerprint density at radius 3 is 2.18 bits per heavy atom. The lowest BCUT2D eigenvalue weighted by atomic mass is 10.0. The number of amides is 2. The average molecular weight is 621 g/mol. The van der Waals surface area contributed by atoms with Crippen LogP contribution in [0.4, 0.5) is 5.69 Å². The van der Waals surface area contributed by atoms with Crippen LogP contribution >= 0.6 is 27.5 Å². The molecule has 3 rings (SSSR count). The quantitative estimate of drug-likeness (QED) is 0.326. The topological polar surface area (TPSA) is 86.8 Å². The third kappa shape index (κ3) is 8.31. The highest BCUT2D eigenvalue weighted by atomic mass is 79.9. The van der Waals surface area contributed by atoms with Crippen LogP contribution in [0.15, 0.2) is 83.3 Å². The molecule has 1 N–H and O–H groups in total. The van der Waals surface area contributed by atoms with Crippen LogP contribution in [-0.4, -0.2) is 50.0 Å². The van der Waals surface area contributed by atoms with E-state index in [1.807, 2.05) is 50.2 Å². The maximum atomic E-state index is 14.0. The molecule has 0 fully saturated rings. The van der Waals surface area contributed by atoms with E-state index >= 15 is 0 Å². The largest absolute Gasteiger partial charge is 0.352 e. The Labute approximate surface area is 238 Å². The number of hydrogen-bond acceptors (Lipinski definition) is 4. The summed E-state index contributed by atoms with van der Waals surface area (Å²) in [7, 11) is -3.84. The number of nitrogens with one attached hydrogen (secondary N) is 1. The Bertz CT molecular complexity index is 1370. The van der Waals surface area contributed by atoms with Gasteiger partial charge in [0.05, 0.1) is 11.9 Å². The molecule has 0 saturated carbocycles. The van der Waals surface area contributed by atoms with Gasteiger partial charge < -0.3 is 10.2 Å². The van der Waals surface area contributed by atoms with Crippen molar-refractivity contribution >= 4 is 55.1 Å². The number of carbonyl (C=O) groups excluding carboxylic acids is 2. The van der Waals surface area contributed by atoms with E-state index in [0.717, 1.165) is 16.1 Å². The highest BCUT2D eigenvalue weighted by Gasteiger charge is 2.33. The molecule has 0 bridgehead atoms. The van der Waals surface area contributed by atoms with E-state index in [2.05, 4.69) is 21.2 Å². The van der Waals surface area contributed by atoms with Crippen molar-refractivity contribution in [2.75, 3.05) is 17.1 Å². The summed E-state index contributed by atoms with van der Waals surface area (Å²) in [5, 5.41) is 3.41. The first kappa shape index (κ1) is 29.7. The first-order valence-electron chi connectivity index (χ1n) is 12.1. The maximum Gasteiger partial charge on any atom is 0.244 e. The summed E-state index contributed by atoms with van der Waals surface area (Å²) in [5.41, 5.74) is 1.91. The van der Waals surface area contributed by atoms with Crippen molar-refractivity contribution in [3.05, 3.63) is 99.5 Å². The molecule has 2 amide bonds. The predicted octanol–water partition coefficient (Wildman–Crippen LogP) is 5.03. The third-order valence-electron chi connectivity index (χ3n) is 5.74. The van der Waals surface area contributed by atoms with Crippen LogP contribution in [0.3, 0.4) is 0 Å². The second kappa shape index (κ2) is 13.3. The van der Waals surface area contributed by atoms with Crippen LogP contribution in [0, 0.1) is 0 Å². The summed E-state index contributed by atoms with van der Waals surface area (Å²) in [5.74, 6) is -0.850. The summed E-state index contributed by atoms with van der Waals surface area (Å²) in [4.78, 5) is 28.9. The normalized spacial score (nSPS) is 12.2. The maximum absolute atomic E-state index is 14.0. The molecule has 0 aromatic heterocycles. The summed E-state index contributed by atoms with van der Waals surface area (Å²) in [6.07, 6.45) is 1.30. The summed E-state index contributed by atoms with van der Waals surface area (Å²) in [6, 6.07) is 22.2. The molecule has 10 heteroatoms. The fourth-order valence-corrected chi connectivity index (χ4v) is 5.71. The minimum absolute atomic E-state index is 0.0654. The van der Waals surface area contributed by atoms with E-state index in [0.29, 0.717) is 20.7 Å². The van der Waals surface area contributed by atoms with Crippen LogP contribution in [0.2, 0.25) is 5.02 Å². The molecule has 0 aliphatic carbocycles. The lowest BCUT2D eigenvalue weighted by Gasteiger charge is -2.34. The van der Waals surface area contributed by atoms with Gasteiger partial charge in [-0.15, -0.1) is 0 Å². The van der Waals surface area contributed by atoms with Gasteiger partial charge in [-0.1, -0.05) is 66.2 Å². The summed E-state index contributed by atoms with van der Waals surface area (Å²) < 4.78 is 27.2. The van der Waals surface area contributed by atoms with E-state index < -0.39 is 28.5 Å². The number of anilines is 1. The lowest BCUT2D eigenvalue weighted by molar-refractivity contribution is -0.140. The number of carbonyl (C=O) groups is 2. The van der Waals surface area contributed by atoms with Gasteiger partial charge in [0.1, 0.15) is 12.6 Å². The summed E-state index contributed by atoms with van der Waals surface area (Å²) in [6.45, 7) is 3.27. The van der Waals surface area contributed by atoms with E-state index in [1.54, 1.807) is 42.5 Å². The van der Waals surface area contributed by atoms with Gasteiger partial charge in [0, 0.05) is 28.5 Å². The molecule has 1 atom stereocenters. The van der Waals surface area contributed by atoms with Gasteiger partial charge in [-0.2, -0.15) is 0 Å². The van der Waals surface area contributed by atoms with Crippen molar-refractivity contribution in [1.82, 2.24) is 10.2 Å². The van der Waals surface area contributed by atoms with Gasteiger partial charge in [0.25, 0.3) is 0 Å². The zero-order valence-electron chi connectivity index (χ0n) is 21.5. The molecule has 202 valence electrons. The molecule has 0 saturated heterocycles. The number of nitrogens with zero attached hydrogens (tertiary/aromatic N) is 2. The molecule has 7 nitrogen and oxygen atoms in total. The molecule has 0 unspecified atom stereocenters. The standard InChI is InChI=1S/C28H31BrClN3O4S/c1-20(2)31-28(35)26(17-21-10-5-4-6-11-21)32(18-22-12-9-13-23(30)16-22)27(34)19-33(38(3,36)37)25-15-8-7-14-24(25)29/h4-16,20,26H,17-19H2,1-3H3,(H,31,35)/t26-/m1/s1. The molecule has 0 heterocycles. The SMILES string of the molecule is CC(C)NC(=O)[C@@H](Cc1ccccc1)N(Cc1cccc(Cl)c1)C(=O)CN(c1ccccc1Br)S(C)(=O)=O. The number of rotatable bonds is 11. The second-order valence-corrected chi connectivity index (χ2v) is 12.4. The number of benzene rings is 3. The molecule has 0 aliphatic heterocycles. The average Bonchev–Trinajstić information content (AvgIpc) is 2.84. The lowest BCUT2D eigenvalue weighted by Crippen LogP contribution is -2.54. The first-order valence-corrected chi connectivity index (χ1v) is 15.1. The van der Waals surface area contributed by atoms with Crippen molar-refractivity contribution in [1.29, 1.82) is 0 Å². The highest BCUT2D eigenvalue weighted by molar-refractivity contribution is 9.10. The van der Waals surface area contributed by atoms with Crippen LogP contribution in [0.25, 0.3) is 0 Å². The number of halogens is 2. The van der Waals surface area contributed by atoms with Crippen molar-refractivity contribution in [3.8, 4) is 0 Å². The zero-order chi connectivity index (χ0) is 27.9. The molecule has 0 radical (unpaired) electrons. The number of sulfonamides is 1. The number of hydrogen-bond donors (Lipinski definition) is 1. The highest BCUT2D eigenvalue weighted by Crippen LogP contribution is 2.28. The van der Waals surface area contributed by atoms with E-state index in [9.17, 15) is 18.0 Å². The molecular formula is C28H31BrClN3O4S. The fourth-order valence-electron chi connectivity index (χ4n) is 4.02. The Kier molecular flexibility index (Phi) is 10.4. The van der Waals surface area contributed by atoms with Crippen molar-refractivity contribution in [2.24, 2.45) is 0 Å². The molecule has 3 aromatic rings. The minimum atomic E-state index is -3.84. The molecule has 3 aromatic carbocycles. The van der Waals surface area contributed by atoms with Crippen LogP contribution in [-0.2, 0) is 32.6 Å². The monoisotopic (exact) mass is 619 g/mol. The Morgan fingerprint density at radius 2 is 1.58 bits per heavy atom.